The van der Waals surface area contributed by atoms with E-state index in [2.05, 4.69) is 0 Å². The molecule has 1 aliphatic rings. The summed E-state index contributed by atoms with van der Waals surface area (Å²) in [5.74, 6) is 0.856. The molecular formula is C17H15Cl2NO3. The lowest BCUT2D eigenvalue weighted by Crippen LogP contribution is -2.42. The molecule has 1 amide bonds. The Morgan fingerprint density at radius 3 is 1.91 bits per heavy atom. The van der Waals surface area contributed by atoms with E-state index in [1.165, 1.54) is 4.90 Å². The molecule has 0 aliphatic carbocycles. The highest BCUT2D eigenvalue weighted by Gasteiger charge is 2.28. The highest BCUT2D eigenvalue weighted by molar-refractivity contribution is 6.31. The van der Waals surface area contributed by atoms with Gasteiger partial charge < -0.3 is 14.4 Å². The van der Waals surface area contributed by atoms with E-state index in [4.69, 9.17) is 32.7 Å². The standard InChI is InChI=1S/C17H15Cl2NO3/c1-20(2)16(21)17-22-14-5-3-12(18)8-10(14)7-11-9-13(19)4-6-15(11)23-17/h3-6,8-9,17H,7H2,1-2H3. The predicted molar refractivity (Wildman–Crippen MR) is 89.4 cm³/mol. The summed E-state index contributed by atoms with van der Waals surface area (Å²) < 4.78 is 11.6. The molecule has 0 unspecified atom stereocenters. The summed E-state index contributed by atoms with van der Waals surface area (Å²) >= 11 is 12.2. The third kappa shape index (κ3) is 3.38. The number of hydrogen-bond donors (Lipinski definition) is 0. The van der Waals surface area contributed by atoms with Crippen molar-refractivity contribution >= 4 is 29.1 Å². The summed E-state index contributed by atoms with van der Waals surface area (Å²) in [6.07, 6.45) is -0.514. The topological polar surface area (TPSA) is 38.8 Å². The molecule has 1 aliphatic heterocycles. The summed E-state index contributed by atoms with van der Waals surface area (Å²) in [4.78, 5) is 13.8. The highest BCUT2D eigenvalue weighted by Crippen LogP contribution is 2.34. The van der Waals surface area contributed by atoms with Crippen LogP contribution in [0.1, 0.15) is 11.1 Å². The van der Waals surface area contributed by atoms with Crippen molar-refractivity contribution in [1.29, 1.82) is 0 Å². The first-order valence-corrected chi connectivity index (χ1v) is 7.81. The molecule has 0 radical (unpaired) electrons. The van der Waals surface area contributed by atoms with Crippen molar-refractivity contribution in [2.75, 3.05) is 14.1 Å². The summed E-state index contributed by atoms with van der Waals surface area (Å²) in [6, 6.07) is 10.6. The smallest absolute Gasteiger partial charge is 0.321 e. The molecule has 2 aromatic rings. The number of ether oxygens (including phenoxy) is 2. The van der Waals surface area contributed by atoms with E-state index in [0.717, 1.165) is 11.1 Å². The zero-order valence-corrected chi connectivity index (χ0v) is 14.2. The summed E-state index contributed by atoms with van der Waals surface area (Å²) in [6.45, 7) is 0. The van der Waals surface area contributed by atoms with Crippen molar-refractivity contribution in [3.63, 3.8) is 0 Å². The molecule has 0 fully saturated rings. The van der Waals surface area contributed by atoms with Gasteiger partial charge in [-0.25, -0.2) is 0 Å². The largest absolute Gasteiger partial charge is 0.446 e. The number of carbonyl (C=O) groups excluding carboxylic acids is 1. The molecule has 6 heteroatoms. The molecular weight excluding hydrogens is 337 g/mol. The third-order valence-corrected chi connectivity index (χ3v) is 4.01. The van der Waals surface area contributed by atoms with E-state index in [1.54, 1.807) is 38.4 Å². The van der Waals surface area contributed by atoms with Gasteiger partial charge in [-0.15, -0.1) is 0 Å². The normalized spacial score (nSPS) is 13.7. The van der Waals surface area contributed by atoms with Crippen LogP contribution in [0.4, 0.5) is 0 Å². The van der Waals surface area contributed by atoms with Crippen molar-refractivity contribution < 1.29 is 14.3 Å². The van der Waals surface area contributed by atoms with Crippen LogP contribution in [-0.4, -0.2) is 31.2 Å². The Labute approximate surface area is 144 Å². The SMILES string of the molecule is CN(C)C(=O)C1Oc2ccc(Cl)cc2Cc2cc(Cl)ccc2O1. The Balaban J connectivity index is 2.10. The third-order valence-electron chi connectivity index (χ3n) is 3.54. The second-order valence-corrected chi connectivity index (χ2v) is 6.35. The average Bonchev–Trinajstić information content (AvgIpc) is 2.48. The lowest BCUT2D eigenvalue weighted by Gasteiger charge is -2.27. The number of hydrogen-bond acceptors (Lipinski definition) is 3. The van der Waals surface area contributed by atoms with Gasteiger partial charge in [0.2, 0.25) is 0 Å². The van der Waals surface area contributed by atoms with Gasteiger partial charge in [0.15, 0.2) is 0 Å². The Bertz CT molecular complexity index is 708. The number of amides is 1. The van der Waals surface area contributed by atoms with Crippen LogP contribution in [0.2, 0.25) is 10.0 Å². The van der Waals surface area contributed by atoms with E-state index in [9.17, 15) is 4.79 Å². The molecule has 0 aromatic heterocycles. The number of benzene rings is 2. The molecule has 0 saturated carbocycles. The van der Waals surface area contributed by atoms with Gasteiger partial charge in [-0.3, -0.25) is 4.79 Å². The monoisotopic (exact) mass is 351 g/mol. The maximum absolute atomic E-state index is 12.3. The van der Waals surface area contributed by atoms with Crippen LogP contribution in [-0.2, 0) is 11.2 Å². The van der Waals surface area contributed by atoms with Crippen molar-refractivity contribution in [2.24, 2.45) is 0 Å². The minimum Gasteiger partial charge on any atom is -0.446 e. The fourth-order valence-electron chi connectivity index (χ4n) is 2.37. The zero-order valence-electron chi connectivity index (χ0n) is 12.7. The fourth-order valence-corrected chi connectivity index (χ4v) is 2.76. The Hall–Kier alpha value is -1.91. The van der Waals surface area contributed by atoms with Crippen LogP contribution >= 0.6 is 23.2 Å². The van der Waals surface area contributed by atoms with Gasteiger partial charge in [-0.2, -0.15) is 0 Å². The lowest BCUT2D eigenvalue weighted by atomic mass is 10.0. The molecule has 0 bridgehead atoms. The van der Waals surface area contributed by atoms with Gasteiger partial charge in [-0.1, -0.05) is 23.2 Å². The molecule has 4 nitrogen and oxygen atoms in total. The van der Waals surface area contributed by atoms with Gasteiger partial charge in [0, 0.05) is 41.7 Å². The first-order chi connectivity index (χ1) is 10.9. The van der Waals surface area contributed by atoms with Crippen LogP contribution in [0.25, 0.3) is 0 Å². The molecule has 23 heavy (non-hydrogen) atoms. The minimum absolute atomic E-state index is 0.284. The first-order valence-electron chi connectivity index (χ1n) is 7.05. The predicted octanol–water partition coefficient (Wildman–Crippen LogP) is 3.77. The van der Waals surface area contributed by atoms with Gasteiger partial charge in [0.05, 0.1) is 0 Å². The number of rotatable bonds is 1. The van der Waals surface area contributed by atoms with Crippen LogP contribution in [0, 0.1) is 0 Å². The number of carbonyl (C=O) groups is 1. The number of halogens is 2. The average molecular weight is 352 g/mol. The molecule has 1 heterocycles. The Morgan fingerprint density at radius 2 is 1.48 bits per heavy atom. The number of fused-ring (bicyclic) bond motifs is 2. The maximum Gasteiger partial charge on any atom is 0.321 e. The summed E-state index contributed by atoms with van der Waals surface area (Å²) in [5, 5.41) is 1.21. The molecule has 3 rings (SSSR count). The van der Waals surface area contributed by atoms with E-state index >= 15 is 0 Å². The van der Waals surface area contributed by atoms with Crippen molar-refractivity contribution in [3.05, 3.63) is 57.6 Å². The minimum atomic E-state index is -1.06. The number of nitrogens with zero attached hydrogens (tertiary/aromatic N) is 1. The van der Waals surface area contributed by atoms with Gasteiger partial charge in [0.1, 0.15) is 11.5 Å². The quantitative estimate of drug-likeness (QED) is 0.784. The number of likely N-dealkylation sites (N-methyl/N-ethyl adjacent to an activating group) is 1. The Morgan fingerprint density at radius 1 is 1.00 bits per heavy atom. The molecule has 2 aromatic carbocycles. The molecule has 0 saturated heterocycles. The van der Waals surface area contributed by atoms with E-state index < -0.39 is 6.29 Å². The molecule has 0 N–H and O–H groups in total. The molecule has 120 valence electrons. The second-order valence-electron chi connectivity index (χ2n) is 5.48. The fraction of sp³-hybridized carbons (Fsp3) is 0.235. The highest BCUT2D eigenvalue weighted by atomic mass is 35.5. The second kappa shape index (κ2) is 6.30. The first kappa shape index (κ1) is 16.0. The van der Waals surface area contributed by atoms with E-state index in [-0.39, 0.29) is 5.91 Å². The van der Waals surface area contributed by atoms with Crippen LogP contribution in [0.3, 0.4) is 0 Å². The Kier molecular flexibility index (Phi) is 4.37. The van der Waals surface area contributed by atoms with E-state index in [0.29, 0.717) is 28.0 Å². The van der Waals surface area contributed by atoms with Crippen molar-refractivity contribution in [2.45, 2.75) is 12.7 Å². The molecule has 0 atom stereocenters. The van der Waals surface area contributed by atoms with Gasteiger partial charge >= 0.3 is 12.2 Å². The lowest BCUT2D eigenvalue weighted by molar-refractivity contribution is -0.149. The van der Waals surface area contributed by atoms with Gasteiger partial charge in [0.25, 0.3) is 0 Å². The van der Waals surface area contributed by atoms with E-state index in [1.807, 2.05) is 12.1 Å². The molecule has 0 spiro atoms. The van der Waals surface area contributed by atoms with Gasteiger partial charge in [-0.05, 0) is 36.4 Å². The van der Waals surface area contributed by atoms with Crippen LogP contribution in [0.5, 0.6) is 11.5 Å². The van der Waals surface area contributed by atoms with Crippen molar-refractivity contribution in [3.8, 4) is 11.5 Å². The van der Waals surface area contributed by atoms with Crippen LogP contribution in [0.15, 0.2) is 36.4 Å². The summed E-state index contributed by atoms with van der Waals surface area (Å²) in [5.41, 5.74) is 1.75. The maximum atomic E-state index is 12.3. The van der Waals surface area contributed by atoms with Crippen LogP contribution < -0.4 is 9.47 Å². The van der Waals surface area contributed by atoms with Crippen molar-refractivity contribution in [1.82, 2.24) is 4.90 Å². The zero-order chi connectivity index (χ0) is 16.6. The summed E-state index contributed by atoms with van der Waals surface area (Å²) in [7, 11) is 3.30.